The zero-order valence-electron chi connectivity index (χ0n) is 7.34. The molecule has 0 amide bonds. The fourth-order valence-corrected chi connectivity index (χ4v) is 2.99. The Kier molecular flexibility index (Phi) is 3.86. The van der Waals surface area contributed by atoms with Gasteiger partial charge in [-0.2, -0.15) is 11.8 Å². The summed E-state index contributed by atoms with van der Waals surface area (Å²) in [4.78, 5) is 0. The first-order chi connectivity index (χ1) is 5.58. The van der Waals surface area contributed by atoms with Gasteiger partial charge in [0.2, 0.25) is 0 Å². The maximum atomic E-state index is 11.0. The highest BCUT2D eigenvalue weighted by Gasteiger charge is 2.13. The van der Waals surface area contributed by atoms with Crippen molar-refractivity contribution in [3.63, 3.8) is 0 Å². The highest BCUT2D eigenvalue weighted by molar-refractivity contribution is 7.99. The van der Waals surface area contributed by atoms with Gasteiger partial charge in [0, 0.05) is 12.8 Å². The Bertz CT molecular complexity index is 220. The molecule has 1 heterocycles. The van der Waals surface area contributed by atoms with Crippen molar-refractivity contribution in [1.82, 2.24) is 4.72 Å². The summed E-state index contributed by atoms with van der Waals surface area (Å²) in [6.07, 6.45) is 3.84. The van der Waals surface area contributed by atoms with E-state index in [4.69, 9.17) is 4.78 Å². The molecule has 0 bridgehead atoms. The summed E-state index contributed by atoms with van der Waals surface area (Å²) in [5, 5.41) is 0. The van der Waals surface area contributed by atoms with E-state index < -0.39 is 9.92 Å². The molecule has 0 aromatic carbocycles. The van der Waals surface area contributed by atoms with E-state index in [1.54, 1.807) is 0 Å². The standard InChI is InChI=1S/C7H16N2OS2/c1-12(8,10)9-6-7-2-4-11-5-3-7/h7H,2-6H2,1H3,(H2,8,9,10). The van der Waals surface area contributed by atoms with Crippen LogP contribution in [-0.2, 0) is 9.92 Å². The van der Waals surface area contributed by atoms with Crippen LogP contribution in [-0.4, -0.2) is 28.5 Å². The monoisotopic (exact) mass is 208 g/mol. The number of nitrogens with one attached hydrogen (secondary N) is 2. The molecule has 1 atom stereocenters. The van der Waals surface area contributed by atoms with Crippen molar-refractivity contribution in [3.05, 3.63) is 0 Å². The lowest BCUT2D eigenvalue weighted by Gasteiger charge is -2.21. The number of hydrogen-bond acceptors (Lipinski definition) is 3. The van der Waals surface area contributed by atoms with Crippen molar-refractivity contribution in [2.45, 2.75) is 12.8 Å². The molecule has 0 saturated carbocycles. The van der Waals surface area contributed by atoms with Gasteiger partial charge >= 0.3 is 0 Å². The molecular weight excluding hydrogens is 192 g/mol. The average Bonchev–Trinajstić information content (AvgIpc) is 2.02. The van der Waals surface area contributed by atoms with Crippen molar-refractivity contribution in [2.75, 3.05) is 24.3 Å². The van der Waals surface area contributed by atoms with E-state index in [0.717, 1.165) is 6.54 Å². The minimum Gasteiger partial charge on any atom is -0.241 e. The fraction of sp³-hybridized carbons (Fsp3) is 1.00. The van der Waals surface area contributed by atoms with E-state index in [9.17, 15) is 4.21 Å². The highest BCUT2D eigenvalue weighted by Crippen LogP contribution is 2.21. The van der Waals surface area contributed by atoms with Crippen molar-refractivity contribution in [2.24, 2.45) is 5.92 Å². The lowest BCUT2D eigenvalue weighted by molar-refractivity contribution is 0.484. The molecule has 0 aromatic heterocycles. The molecule has 1 rings (SSSR count). The SMILES string of the molecule is CS(=N)(=O)NCC1CCSCC1. The first-order valence-corrected chi connectivity index (χ1v) is 7.26. The van der Waals surface area contributed by atoms with E-state index >= 15 is 0 Å². The summed E-state index contributed by atoms with van der Waals surface area (Å²) in [5.74, 6) is 3.07. The van der Waals surface area contributed by atoms with Gasteiger partial charge in [-0.25, -0.2) is 13.7 Å². The predicted octanol–water partition coefficient (Wildman–Crippen LogP) is 1.31. The van der Waals surface area contributed by atoms with Crippen molar-refractivity contribution < 1.29 is 4.21 Å². The lowest BCUT2D eigenvalue weighted by atomic mass is 10.0. The molecular formula is C7H16N2OS2. The molecule has 0 radical (unpaired) electrons. The molecule has 0 spiro atoms. The summed E-state index contributed by atoms with van der Waals surface area (Å²) in [6, 6.07) is 0. The number of thioether (sulfide) groups is 1. The molecule has 1 aliphatic heterocycles. The normalized spacial score (nSPS) is 25.1. The van der Waals surface area contributed by atoms with E-state index in [1.165, 1.54) is 30.6 Å². The summed E-state index contributed by atoms with van der Waals surface area (Å²) in [5.41, 5.74) is 0. The first kappa shape index (κ1) is 10.3. The molecule has 1 unspecified atom stereocenters. The van der Waals surface area contributed by atoms with E-state index in [0.29, 0.717) is 5.92 Å². The Morgan fingerprint density at radius 3 is 2.67 bits per heavy atom. The Morgan fingerprint density at radius 2 is 2.17 bits per heavy atom. The topological polar surface area (TPSA) is 53.0 Å². The smallest absolute Gasteiger partial charge is 0.102 e. The Hall–Kier alpha value is 0.260. The summed E-state index contributed by atoms with van der Waals surface area (Å²) < 4.78 is 20.9. The van der Waals surface area contributed by atoms with Gasteiger partial charge in [0.1, 0.15) is 9.92 Å². The van der Waals surface area contributed by atoms with Crippen molar-refractivity contribution in [1.29, 1.82) is 4.78 Å². The van der Waals surface area contributed by atoms with Gasteiger partial charge < -0.3 is 0 Å². The van der Waals surface area contributed by atoms with Crippen LogP contribution in [0.5, 0.6) is 0 Å². The second kappa shape index (κ2) is 4.48. The molecule has 72 valence electrons. The quantitative estimate of drug-likeness (QED) is 0.735. The fourth-order valence-electron chi connectivity index (χ4n) is 1.23. The Morgan fingerprint density at radius 1 is 1.58 bits per heavy atom. The Labute approximate surface area is 78.8 Å². The minimum absolute atomic E-state index is 0.636. The minimum atomic E-state index is -2.48. The maximum absolute atomic E-state index is 11.0. The van der Waals surface area contributed by atoms with Crippen LogP contribution in [0.2, 0.25) is 0 Å². The van der Waals surface area contributed by atoms with Crippen LogP contribution in [0.3, 0.4) is 0 Å². The molecule has 3 nitrogen and oxygen atoms in total. The molecule has 0 aromatic rings. The van der Waals surface area contributed by atoms with Gasteiger partial charge in [-0.3, -0.25) is 0 Å². The molecule has 5 heteroatoms. The molecule has 1 saturated heterocycles. The summed E-state index contributed by atoms with van der Waals surface area (Å²) in [6.45, 7) is 0.749. The van der Waals surface area contributed by atoms with Crippen LogP contribution in [0.1, 0.15) is 12.8 Å². The zero-order chi connectivity index (χ0) is 9.03. The van der Waals surface area contributed by atoms with Gasteiger partial charge in [-0.1, -0.05) is 0 Å². The largest absolute Gasteiger partial charge is 0.241 e. The maximum Gasteiger partial charge on any atom is 0.102 e. The van der Waals surface area contributed by atoms with Gasteiger partial charge in [-0.05, 0) is 30.3 Å². The van der Waals surface area contributed by atoms with Crippen LogP contribution in [0.25, 0.3) is 0 Å². The lowest BCUT2D eigenvalue weighted by Crippen LogP contribution is -2.29. The van der Waals surface area contributed by atoms with Gasteiger partial charge in [0.25, 0.3) is 0 Å². The van der Waals surface area contributed by atoms with Crippen molar-refractivity contribution >= 4 is 21.7 Å². The second-order valence-corrected chi connectivity index (χ2v) is 6.45. The number of hydrogen-bond donors (Lipinski definition) is 2. The van der Waals surface area contributed by atoms with Crippen LogP contribution >= 0.6 is 11.8 Å². The zero-order valence-corrected chi connectivity index (χ0v) is 8.97. The third-order valence-electron chi connectivity index (χ3n) is 1.99. The second-order valence-electron chi connectivity index (χ2n) is 3.25. The highest BCUT2D eigenvalue weighted by atomic mass is 32.2. The van der Waals surface area contributed by atoms with E-state index in [-0.39, 0.29) is 0 Å². The Balaban J connectivity index is 2.22. The average molecular weight is 208 g/mol. The van der Waals surface area contributed by atoms with Crippen LogP contribution < -0.4 is 4.72 Å². The number of rotatable bonds is 3. The molecule has 2 N–H and O–H groups in total. The summed E-state index contributed by atoms with van der Waals surface area (Å²) >= 11 is 1.99. The van der Waals surface area contributed by atoms with Gasteiger partial charge in [0.15, 0.2) is 0 Å². The van der Waals surface area contributed by atoms with Crippen LogP contribution in [0.4, 0.5) is 0 Å². The third kappa shape index (κ3) is 4.33. The van der Waals surface area contributed by atoms with E-state index in [2.05, 4.69) is 4.72 Å². The van der Waals surface area contributed by atoms with E-state index in [1.807, 2.05) is 11.8 Å². The molecule has 1 fully saturated rings. The van der Waals surface area contributed by atoms with Gasteiger partial charge in [0.05, 0.1) is 0 Å². The van der Waals surface area contributed by atoms with Gasteiger partial charge in [-0.15, -0.1) is 0 Å². The third-order valence-corrected chi connectivity index (χ3v) is 3.75. The summed E-state index contributed by atoms with van der Waals surface area (Å²) in [7, 11) is -2.48. The molecule has 0 aliphatic carbocycles. The first-order valence-electron chi connectivity index (χ1n) is 4.14. The van der Waals surface area contributed by atoms with Crippen molar-refractivity contribution in [3.8, 4) is 0 Å². The predicted molar refractivity (Wildman–Crippen MR) is 54.8 cm³/mol. The van der Waals surface area contributed by atoms with Crippen LogP contribution in [0, 0.1) is 10.7 Å². The molecule has 12 heavy (non-hydrogen) atoms. The molecule has 1 aliphatic rings. The van der Waals surface area contributed by atoms with Crippen LogP contribution in [0.15, 0.2) is 0 Å².